The molecule has 4 nitrogen and oxygen atoms in total. The summed E-state index contributed by atoms with van der Waals surface area (Å²) in [5, 5.41) is 10.3. The third-order valence-electron chi connectivity index (χ3n) is 1.08. The van der Waals surface area contributed by atoms with Gasteiger partial charge in [-0.2, -0.15) is 0 Å². The molecule has 1 heterocycles. The summed E-state index contributed by atoms with van der Waals surface area (Å²) in [5.74, 6) is 0. The minimum atomic E-state index is -0.512. The average molecular weight is 161 g/mol. The first-order valence-corrected chi connectivity index (χ1v) is 2.95. The zero-order chi connectivity index (χ0) is 7.72. The summed E-state index contributed by atoms with van der Waals surface area (Å²) in [4.78, 5) is 9.63. The third kappa shape index (κ3) is 1.11. The molecule has 0 radical (unpaired) electrons. The topological polar surface area (TPSA) is 48.1 Å². The van der Waals surface area contributed by atoms with Gasteiger partial charge in [0.15, 0.2) is 0 Å². The number of aryl methyl sites for hydroxylation is 1. The van der Waals surface area contributed by atoms with Gasteiger partial charge in [0.2, 0.25) is 0 Å². The first-order valence-electron chi connectivity index (χ1n) is 2.57. The Balaban J connectivity index is 3.15. The highest BCUT2D eigenvalue weighted by molar-refractivity contribution is 6.32. The van der Waals surface area contributed by atoms with Crippen LogP contribution in [-0.4, -0.2) is 9.49 Å². The zero-order valence-corrected chi connectivity index (χ0v) is 6.00. The fraction of sp³-hybridized carbons (Fsp3) is 0.200. The Morgan fingerprint density at radius 1 is 1.70 bits per heavy atom. The van der Waals surface area contributed by atoms with E-state index in [0.717, 1.165) is 0 Å². The maximum Gasteiger partial charge on any atom is 0.305 e. The Kier molecular flexibility index (Phi) is 1.63. The highest BCUT2D eigenvalue weighted by Gasteiger charge is 2.12. The quantitative estimate of drug-likeness (QED) is 0.463. The van der Waals surface area contributed by atoms with E-state index < -0.39 is 4.92 Å². The van der Waals surface area contributed by atoms with E-state index >= 15 is 0 Å². The molecule has 0 fully saturated rings. The molecule has 0 saturated heterocycles. The van der Waals surface area contributed by atoms with Gasteiger partial charge in [0.1, 0.15) is 5.02 Å². The van der Waals surface area contributed by atoms with Gasteiger partial charge in [-0.3, -0.25) is 10.1 Å². The molecule has 0 spiro atoms. The molecule has 0 N–H and O–H groups in total. The van der Waals surface area contributed by atoms with Crippen molar-refractivity contribution in [2.45, 2.75) is 0 Å². The van der Waals surface area contributed by atoms with Gasteiger partial charge in [0.25, 0.3) is 0 Å². The van der Waals surface area contributed by atoms with E-state index in [0.29, 0.717) is 0 Å². The van der Waals surface area contributed by atoms with Crippen molar-refractivity contribution in [3.63, 3.8) is 0 Å². The molecule has 1 rings (SSSR count). The number of aromatic nitrogens is 1. The molecule has 0 aliphatic carbocycles. The lowest BCUT2D eigenvalue weighted by Gasteiger charge is -1.82. The monoisotopic (exact) mass is 160 g/mol. The second-order valence-corrected chi connectivity index (χ2v) is 2.32. The van der Waals surface area contributed by atoms with Crippen LogP contribution in [0.3, 0.4) is 0 Å². The number of rotatable bonds is 1. The number of halogens is 1. The maximum absolute atomic E-state index is 10.1. The summed E-state index contributed by atoms with van der Waals surface area (Å²) in [6.07, 6.45) is 2.85. The first-order chi connectivity index (χ1) is 4.61. The van der Waals surface area contributed by atoms with Gasteiger partial charge in [0.05, 0.1) is 11.1 Å². The van der Waals surface area contributed by atoms with E-state index in [9.17, 15) is 10.1 Å². The molecule has 0 aliphatic rings. The fourth-order valence-electron chi connectivity index (χ4n) is 0.671. The van der Waals surface area contributed by atoms with E-state index in [1.165, 1.54) is 12.4 Å². The van der Waals surface area contributed by atoms with Gasteiger partial charge < -0.3 is 4.57 Å². The van der Waals surface area contributed by atoms with Crippen molar-refractivity contribution in [1.82, 2.24) is 4.57 Å². The van der Waals surface area contributed by atoms with Crippen molar-refractivity contribution in [1.29, 1.82) is 0 Å². The predicted octanol–water partition coefficient (Wildman–Crippen LogP) is 1.59. The minimum Gasteiger partial charge on any atom is -0.350 e. The van der Waals surface area contributed by atoms with Gasteiger partial charge in [0, 0.05) is 13.2 Å². The van der Waals surface area contributed by atoms with Crippen molar-refractivity contribution in [2.75, 3.05) is 0 Å². The Morgan fingerprint density at radius 2 is 2.30 bits per heavy atom. The molecular formula is C5H5ClN2O2. The van der Waals surface area contributed by atoms with Crippen molar-refractivity contribution in [3.05, 3.63) is 27.5 Å². The van der Waals surface area contributed by atoms with Gasteiger partial charge in [-0.15, -0.1) is 0 Å². The lowest BCUT2D eigenvalue weighted by molar-refractivity contribution is -0.384. The van der Waals surface area contributed by atoms with Crippen LogP contribution in [0.25, 0.3) is 0 Å². The Hall–Kier alpha value is -1.03. The molecule has 10 heavy (non-hydrogen) atoms. The molecule has 0 saturated carbocycles. The molecule has 54 valence electrons. The smallest absolute Gasteiger partial charge is 0.305 e. The van der Waals surface area contributed by atoms with Crippen LogP contribution >= 0.6 is 11.6 Å². The lowest BCUT2D eigenvalue weighted by Crippen LogP contribution is -1.85. The largest absolute Gasteiger partial charge is 0.350 e. The van der Waals surface area contributed by atoms with Gasteiger partial charge in [-0.1, -0.05) is 11.6 Å². The summed E-state index contributed by atoms with van der Waals surface area (Å²) >= 11 is 5.48. The van der Waals surface area contributed by atoms with Crippen LogP contribution in [0, 0.1) is 10.1 Å². The fourth-order valence-corrected chi connectivity index (χ4v) is 0.943. The van der Waals surface area contributed by atoms with E-state index in [2.05, 4.69) is 0 Å². The van der Waals surface area contributed by atoms with Crippen LogP contribution in [0.2, 0.25) is 5.02 Å². The second-order valence-electron chi connectivity index (χ2n) is 1.91. The lowest BCUT2D eigenvalue weighted by atomic mass is 10.5. The molecule has 0 bridgehead atoms. The number of nitrogens with zero attached hydrogens (tertiary/aromatic N) is 2. The molecule has 5 heteroatoms. The van der Waals surface area contributed by atoms with E-state index in [-0.39, 0.29) is 10.7 Å². The SMILES string of the molecule is Cn1cc(Cl)c([N+](=O)[O-])c1. The maximum atomic E-state index is 10.1. The summed E-state index contributed by atoms with van der Waals surface area (Å²) in [5.41, 5.74) is -0.0517. The predicted molar refractivity (Wildman–Crippen MR) is 37.1 cm³/mol. The van der Waals surface area contributed by atoms with Crippen molar-refractivity contribution < 1.29 is 4.92 Å². The molecule has 0 atom stereocenters. The Bertz CT molecular complexity index is 269. The van der Waals surface area contributed by atoms with Gasteiger partial charge >= 0.3 is 5.69 Å². The standard InChI is InChI=1S/C5H5ClN2O2/c1-7-2-4(6)5(3-7)8(9)10/h2-3H,1H3. The van der Waals surface area contributed by atoms with E-state index in [1.807, 2.05) is 0 Å². The number of hydrogen-bond donors (Lipinski definition) is 0. The first kappa shape index (κ1) is 7.08. The van der Waals surface area contributed by atoms with Crippen molar-refractivity contribution in [2.24, 2.45) is 7.05 Å². The van der Waals surface area contributed by atoms with Crippen molar-refractivity contribution in [3.8, 4) is 0 Å². The second kappa shape index (κ2) is 2.30. The summed E-state index contributed by atoms with van der Waals surface area (Å²) in [7, 11) is 1.68. The van der Waals surface area contributed by atoms with Gasteiger partial charge in [-0.25, -0.2) is 0 Å². The summed E-state index contributed by atoms with van der Waals surface area (Å²) < 4.78 is 1.54. The molecule has 0 amide bonds. The minimum absolute atomic E-state index is 0.0517. The van der Waals surface area contributed by atoms with Crippen LogP contribution in [0.4, 0.5) is 5.69 Å². The van der Waals surface area contributed by atoms with Crippen LogP contribution < -0.4 is 0 Å². The molecule has 0 aliphatic heterocycles. The summed E-state index contributed by atoms with van der Waals surface area (Å²) in [6.45, 7) is 0. The van der Waals surface area contributed by atoms with Crippen LogP contribution in [0.15, 0.2) is 12.4 Å². The molecule has 0 aromatic carbocycles. The molecule has 1 aromatic heterocycles. The normalized spacial score (nSPS) is 9.80. The van der Waals surface area contributed by atoms with Crippen LogP contribution in [-0.2, 0) is 7.05 Å². The van der Waals surface area contributed by atoms with E-state index in [4.69, 9.17) is 11.6 Å². The molecular weight excluding hydrogens is 156 g/mol. The number of nitro groups is 1. The Morgan fingerprint density at radius 3 is 2.50 bits per heavy atom. The molecule has 1 aromatic rings. The highest BCUT2D eigenvalue weighted by atomic mass is 35.5. The molecule has 0 unspecified atom stereocenters. The Labute approximate surface area is 62.2 Å². The third-order valence-corrected chi connectivity index (χ3v) is 1.38. The highest BCUT2D eigenvalue weighted by Crippen LogP contribution is 2.23. The summed E-state index contributed by atoms with van der Waals surface area (Å²) in [6, 6.07) is 0. The van der Waals surface area contributed by atoms with Crippen LogP contribution in [0.5, 0.6) is 0 Å². The van der Waals surface area contributed by atoms with E-state index in [1.54, 1.807) is 11.6 Å². The zero-order valence-electron chi connectivity index (χ0n) is 5.24. The average Bonchev–Trinajstić information content (AvgIpc) is 2.10. The van der Waals surface area contributed by atoms with Crippen LogP contribution in [0.1, 0.15) is 0 Å². The van der Waals surface area contributed by atoms with Crippen molar-refractivity contribution >= 4 is 17.3 Å². The van der Waals surface area contributed by atoms with Gasteiger partial charge in [-0.05, 0) is 0 Å². The number of hydrogen-bond acceptors (Lipinski definition) is 2.